The molecule has 1 saturated heterocycles. The van der Waals surface area contributed by atoms with Crippen LogP contribution in [0.15, 0.2) is 59.5 Å². The molecule has 0 unspecified atom stereocenters. The van der Waals surface area contributed by atoms with Crippen molar-refractivity contribution in [2.75, 3.05) is 6.54 Å². The van der Waals surface area contributed by atoms with Gasteiger partial charge in [-0.25, -0.2) is 8.42 Å². The molecule has 2 aromatic carbocycles. The Morgan fingerprint density at radius 1 is 1.08 bits per heavy atom. The molecular formula is C19H22ClNO2S. The van der Waals surface area contributed by atoms with Gasteiger partial charge in [0.1, 0.15) is 0 Å². The number of aryl methyl sites for hydroxylation is 1. The van der Waals surface area contributed by atoms with Gasteiger partial charge in [0, 0.05) is 18.0 Å². The molecule has 3 rings (SSSR count). The Labute approximate surface area is 149 Å². The first-order valence-corrected chi connectivity index (χ1v) is 10.1. The zero-order valence-electron chi connectivity index (χ0n) is 13.7. The molecule has 2 atom stereocenters. The van der Waals surface area contributed by atoms with Gasteiger partial charge < -0.3 is 0 Å². The van der Waals surface area contributed by atoms with Gasteiger partial charge in [0.05, 0.1) is 4.90 Å². The maximum absolute atomic E-state index is 13.1. The first-order valence-electron chi connectivity index (χ1n) is 8.23. The summed E-state index contributed by atoms with van der Waals surface area (Å²) in [5.41, 5.74) is 2.19. The summed E-state index contributed by atoms with van der Waals surface area (Å²) < 4.78 is 27.8. The average Bonchev–Trinajstić information content (AvgIpc) is 2.56. The molecule has 0 bridgehead atoms. The van der Waals surface area contributed by atoms with Crippen LogP contribution in [-0.2, 0) is 16.4 Å². The third kappa shape index (κ3) is 3.82. The van der Waals surface area contributed by atoms with Crippen molar-refractivity contribution in [3.05, 3.63) is 65.7 Å². The highest BCUT2D eigenvalue weighted by Crippen LogP contribution is 2.30. The summed E-state index contributed by atoms with van der Waals surface area (Å²) in [7, 11) is -3.50. The summed E-state index contributed by atoms with van der Waals surface area (Å²) in [6.07, 6.45) is 2.06. The van der Waals surface area contributed by atoms with Crippen molar-refractivity contribution < 1.29 is 8.42 Å². The molecule has 1 aliphatic heterocycles. The lowest BCUT2D eigenvalue weighted by molar-refractivity contribution is 0.254. The highest BCUT2D eigenvalue weighted by Gasteiger charge is 2.36. The Morgan fingerprint density at radius 2 is 1.75 bits per heavy atom. The molecule has 0 amide bonds. The molecule has 0 aliphatic carbocycles. The predicted octanol–water partition coefficient (Wildman–Crippen LogP) is 4.00. The molecule has 3 nitrogen and oxygen atoms in total. The van der Waals surface area contributed by atoms with Crippen LogP contribution in [0, 0.1) is 6.92 Å². The number of alkyl halides is 1. The topological polar surface area (TPSA) is 37.4 Å². The quantitative estimate of drug-likeness (QED) is 0.770. The van der Waals surface area contributed by atoms with E-state index in [1.165, 1.54) is 0 Å². The molecule has 1 heterocycles. The molecule has 0 radical (unpaired) electrons. The second-order valence-corrected chi connectivity index (χ2v) is 8.90. The van der Waals surface area contributed by atoms with Gasteiger partial charge in [-0.3, -0.25) is 0 Å². The molecule has 24 heavy (non-hydrogen) atoms. The minimum atomic E-state index is -3.50. The van der Waals surface area contributed by atoms with Crippen LogP contribution in [0.4, 0.5) is 0 Å². The van der Waals surface area contributed by atoms with E-state index < -0.39 is 10.0 Å². The lowest BCUT2D eigenvalue weighted by Crippen LogP contribution is -2.47. The highest BCUT2D eigenvalue weighted by atomic mass is 35.5. The number of rotatable bonds is 4. The molecular weight excluding hydrogens is 342 g/mol. The van der Waals surface area contributed by atoms with Crippen LogP contribution in [0.1, 0.15) is 24.0 Å². The minimum Gasteiger partial charge on any atom is -0.207 e. The number of nitrogens with zero attached hydrogens (tertiary/aromatic N) is 1. The first kappa shape index (κ1) is 17.5. The standard InChI is InChI=1S/C19H22ClNO2S/c1-15-7-9-19(10-8-15)24(22,23)21-12-11-17(20)14-18(21)13-16-5-3-2-4-6-16/h2-10,17-18H,11-14H2,1H3/t17-,18+/m1/s1. The summed E-state index contributed by atoms with van der Waals surface area (Å²) in [6.45, 7) is 2.43. The summed E-state index contributed by atoms with van der Waals surface area (Å²) in [5.74, 6) is 0. The zero-order chi connectivity index (χ0) is 17.2. The molecule has 1 aliphatic rings. The molecule has 0 saturated carbocycles. The van der Waals surface area contributed by atoms with E-state index >= 15 is 0 Å². The van der Waals surface area contributed by atoms with Crippen molar-refractivity contribution in [2.24, 2.45) is 0 Å². The number of benzene rings is 2. The minimum absolute atomic E-state index is 0.0307. The van der Waals surface area contributed by atoms with Crippen molar-refractivity contribution in [3.8, 4) is 0 Å². The van der Waals surface area contributed by atoms with Crippen LogP contribution in [-0.4, -0.2) is 30.7 Å². The van der Waals surface area contributed by atoms with Gasteiger partial charge in [0.2, 0.25) is 10.0 Å². The van der Waals surface area contributed by atoms with Crippen LogP contribution in [0.5, 0.6) is 0 Å². The van der Waals surface area contributed by atoms with Gasteiger partial charge in [0.25, 0.3) is 0 Å². The van der Waals surface area contributed by atoms with E-state index in [1.54, 1.807) is 16.4 Å². The van der Waals surface area contributed by atoms with Crippen molar-refractivity contribution in [2.45, 2.75) is 42.5 Å². The van der Waals surface area contributed by atoms with Gasteiger partial charge in [0.15, 0.2) is 0 Å². The fraction of sp³-hybridized carbons (Fsp3) is 0.368. The normalized spacial score (nSPS) is 22.4. The Balaban J connectivity index is 1.89. The number of sulfonamides is 1. The molecule has 0 spiro atoms. The highest BCUT2D eigenvalue weighted by molar-refractivity contribution is 7.89. The summed E-state index contributed by atoms with van der Waals surface area (Å²) in [5, 5.41) is 0.0307. The summed E-state index contributed by atoms with van der Waals surface area (Å²) in [6, 6.07) is 17.0. The lowest BCUT2D eigenvalue weighted by Gasteiger charge is -2.37. The van der Waals surface area contributed by atoms with Gasteiger partial charge >= 0.3 is 0 Å². The summed E-state index contributed by atoms with van der Waals surface area (Å²) >= 11 is 6.34. The number of hydrogen-bond donors (Lipinski definition) is 0. The molecule has 5 heteroatoms. The largest absolute Gasteiger partial charge is 0.243 e. The van der Waals surface area contributed by atoms with Gasteiger partial charge in [-0.2, -0.15) is 4.31 Å². The van der Waals surface area contributed by atoms with Gasteiger partial charge in [-0.05, 0) is 43.9 Å². The Kier molecular flexibility index (Phi) is 5.28. The van der Waals surface area contributed by atoms with Crippen molar-refractivity contribution in [1.82, 2.24) is 4.31 Å². The van der Waals surface area contributed by atoms with E-state index in [2.05, 4.69) is 0 Å². The molecule has 0 N–H and O–H groups in total. The summed E-state index contributed by atoms with van der Waals surface area (Å²) in [4.78, 5) is 0.360. The van der Waals surface area contributed by atoms with Gasteiger partial charge in [-0.15, -0.1) is 11.6 Å². The molecule has 128 valence electrons. The Hall–Kier alpha value is -1.36. The first-order chi connectivity index (χ1) is 11.5. The lowest BCUT2D eigenvalue weighted by atomic mass is 9.97. The molecule has 0 aromatic heterocycles. The van der Waals surface area contributed by atoms with Crippen LogP contribution < -0.4 is 0 Å². The second kappa shape index (κ2) is 7.26. The Bertz CT molecular complexity index is 775. The Morgan fingerprint density at radius 3 is 2.42 bits per heavy atom. The van der Waals surface area contributed by atoms with Gasteiger partial charge in [-0.1, -0.05) is 48.0 Å². The number of hydrogen-bond acceptors (Lipinski definition) is 2. The monoisotopic (exact) mass is 363 g/mol. The third-order valence-corrected chi connectivity index (χ3v) is 6.90. The van der Waals surface area contributed by atoms with E-state index in [4.69, 9.17) is 11.6 Å². The van der Waals surface area contributed by atoms with E-state index in [1.807, 2.05) is 49.4 Å². The average molecular weight is 364 g/mol. The van der Waals surface area contributed by atoms with Crippen LogP contribution >= 0.6 is 11.6 Å². The van der Waals surface area contributed by atoms with Crippen molar-refractivity contribution >= 4 is 21.6 Å². The van der Waals surface area contributed by atoms with E-state index in [0.717, 1.165) is 11.1 Å². The predicted molar refractivity (Wildman–Crippen MR) is 97.9 cm³/mol. The van der Waals surface area contributed by atoms with Crippen molar-refractivity contribution in [1.29, 1.82) is 0 Å². The zero-order valence-corrected chi connectivity index (χ0v) is 15.3. The fourth-order valence-corrected chi connectivity index (χ4v) is 5.17. The SMILES string of the molecule is Cc1ccc(S(=O)(=O)N2CC[C@@H](Cl)C[C@@H]2Cc2ccccc2)cc1. The smallest absolute Gasteiger partial charge is 0.207 e. The maximum Gasteiger partial charge on any atom is 0.243 e. The third-order valence-electron chi connectivity index (χ3n) is 4.54. The molecule has 1 fully saturated rings. The van der Waals surface area contributed by atoms with E-state index in [9.17, 15) is 8.42 Å². The van der Waals surface area contributed by atoms with E-state index in [-0.39, 0.29) is 11.4 Å². The van der Waals surface area contributed by atoms with Crippen LogP contribution in [0.3, 0.4) is 0 Å². The van der Waals surface area contributed by atoms with Crippen LogP contribution in [0.25, 0.3) is 0 Å². The fourth-order valence-electron chi connectivity index (χ4n) is 3.21. The second-order valence-electron chi connectivity index (χ2n) is 6.39. The number of halogens is 1. The van der Waals surface area contributed by atoms with Crippen LogP contribution in [0.2, 0.25) is 0 Å². The van der Waals surface area contributed by atoms with Crippen molar-refractivity contribution in [3.63, 3.8) is 0 Å². The molecule has 2 aromatic rings. The van der Waals surface area contributed by atoms with E-state index in [0.29, 0.717) is 30.7 Å². The number of piperidine rings is 1. The maximum atomic E-state index is 13.1.